The summed E-state index contributed by atoms with van der Waals surface area (Å²) in [6, 6.07) is 8.00. The van der Waals surface area contributed by atoms with Crippen LogP contribution in [-0.4, -0.2) is 11.7 Å². The third kappa shape index (κ3) is 6.22. The molecule has 0 fully saturated rings. The summed E-state index contributed by atoms with van der Waals surface area (Å²) in [6.45, 7) is 2.23. The highest BCUT2D eigenvalue weighted by Gasteiger charge is 1.95. The molecule has 0 saturated carbocycles. The molecule has 1 aromatic rings. The molecular formula is C13H21N3S. The number of nitrogens with zero attached hydrogens (tertiary/aromatic N) is 1. The van der Waals surface area contributed by atoms with Crippen LogP contribution in [0.15, 0.2) is 34.2 Å². The molecule has 0 aromatic heterocycles. The highest BCUT2D eigenvalue weighted by atomic mass is 32.2. The lowest BCUT2D eigenvalue weighted by atomic mass is 10.2. The molecular weight excluding hydrogens is 230 g/mol. The van der Waals surface area contributed by atoms with E-state index in [1.54, 1.807) is 0 Å². The number of hydrogen-bond donors (Lipinski definition) is 2. The van der Waals surface area contributed by atoms with Gasteiger partial charge in [0.25, 0.3) is 0 Å². The summed E-state index contributed by atoms with van der Waals surface area (Å²) in [4.78, 5) is 5.26. The molecule has 0 aliphatic carbocycles. The molecule has 0 spiro atoms. The summed E-state index contributed by atoms with van der Waals surface area (Å²) in [5, 5.41) is 0. The van der Waals surface area contributed by atoms with Crippen molar-refractivity contribution in [2.24, 2.45) is 16.5 Å². The summed E-state index contributed by atoms with van der Waals surface area (Å²) in [7, 11) is 0. The van der Waals surface area contributed by atoms with Crippen molar-refractivity contribution in [3.8, 4) is 0 Å². The van der Waals surface area contributed by atoms with Gasteiger partial charge in [-0.1, -0.05) is 26.2 Å². The molecule has 4 heteroatoms. The summed E-state index contributed by atoms with van der Waals surface area (Å²) >= 11 is 1.89. The molecule has 3 nitrogen and oxygen atoms in total. The average molecular weight is 251 g/mol. The smallest absolute Gasteiger partial charge is 0.191 e. The van der Waals surface area contributed by atoms with E-state index in [4.69, 9.17) is 11.5 Å². The lowest BCUT2D eigenvalue weighted by Crippen LogP contribution is -2.21. The molecule has 0 unspecified atom stereocenters. The molecule has 0 atom stereocenters. The number of hydrogen-bond acceptors (Lipinski definition) is 2. The number of unbranched alkanes of at least 4 members (excludes halogenated alkanes) is 3. The van der Waals surface area contributed by atoms with Crippen molar-refractivity contribution in [1.29, 1.82) is 0 Å². The lowest BCUT2D eigenvalue weighted by Gasteiger charge is -2.02. The van der Waals surface area contributed by atoms with Gasteiger partial charge in [0, 0.05) is 4.90 Å². The summed E-state index contributed by atoms with van der Waals surface area (Å²) < 4.78 is 0. The predicted octanol–water partition coefficient (Wildman–Crippen LogP) is 3.26. The van der Waals surface area contributed by atoms with Crippen molar-refractivity contribution in [2.45, 2.75) is 37.5 Å². The van der Waals surface area contributed by atoms with E-state index in [0.29, 0.717) is 0 Å². The topological polar surface area (TPSA) is 64.4 Å². The van der Waals surface area contributed by atoms with Gasteiger partial charge in [-0.05, 0) is 36.4 Å². The van der Waals surface area contributed by atoms with E-state index in [1.165, 1.54) is 36.3 Å². The molecule has 0 bridgehead atoms. The zero-order valence-corrected chi connectivity index (χ0v) is 11.2. The monoisotopic (exact) mass is 251 g/mol. The Morgan fingerprint density at radius 3 is 2.41 bits per heavy atom. The SMILES string of the molecule is CCCCCCSc1ccc(N=C(N)N)cc1. The minimum Gasteiger partial charge on any atom is -0.370 e. The van der Waals surface area contributed by atoms with Gasteiger partial charge in [0.05, 0.1) is 5.69 Å². The Morgan fingerprint density at radius 1 is 1.12 bits per heavy atom. The van der Waals surface area contributed by atoms with Crippen molar-refractivity contribution in [1.82, 2.24) is 0 Å². The van der Waals surface area contributed by atoms with Crippen molar-refractivity contribution in [2.75, 3.05) is 5.75 Å². The number of guanidine groups is 1. The highest BCUT2D eigenvalue weighted by Crippen LogP contribution is 2.22. The highest BCUT2D eigenvalue weighted by molar-refractivity contribution is 7.99. The molecule has 17 heavy (non-hydrogen) atoms. The van der Waals surface area contributed by atoms with Crippen LogP contribution >= 0.6 is 11.8 Å². The fraction of sp³-hybridized carbons (Fsp3) is 0.462. The first kappa shape index (κ1) is 13.9. The standard InChI is InChI=1S/C13H21N3S/c1-2-3-4-5-10-17-12-8-6-11(7-9-12)16-13(14)15/h6-9H,2-5,10H2,1H3,(H4,14,15,16). The van der Waals surface area contributed by atoms with Crippen LogP contribution in [0.1, 0.15) is 32.6 Å². The van der Waals surface area contributed by atoms with Crippen LogP contribution < -0.4 is 11.5 Å². The van der Waals surface area contributed by atoms with E-state index in [0.717, 1.165) is 5.69 Å². The molecule has 1 rings (SSSR count). The average Bonchev–Trinajstić information content (AvgIpc) is 2.30. The maximum Gasteiger partial charge on any atom is 0.191 e. The van der Waals surface area contributed by atoms with Gasteiger partial charge in [-0.3, -0.25) is 0 Å². The Bertz CT molecular complexity index is 342. The molecule has 0 aliphatic heterocycles. The fourth-order valence-corrected chi connectivity index (χ4v) is 2.40. The molecule has 1 aromatic carbocycles. The number of rotatable bonds is 7. The van der Waals surface area contributed by atoms with Gasteiger partial charge < -0.3 is 11.5 Å². The van der Waals surface area contributed by atoms with E-state index in [2.05, 4.69) is 24.0 Å². The van der Waals surface area contributed by atoms with E-state index in [-0.39, 0.29) is 5.96 Å². The van der Waals surface area contributed by atoms with Gasteiger partial charge in [0.1, 0.15) is 0 Å². The predicted molar refractivity (Wildman–Crippen MR) is 76.8 cm³/mol. The second-order valence-corrected chi connectivity index (χ2v) is 5.11. The zero-order valence-electron chi connectivity index (χ0n) is 10.4. The number of thioether (sulfide) groups is 1. The van der Waals surface area contributed by atoms with Crippen LogP contribution in [0, 0.1) is 0 Å². The number of benzene rings is 1. The van der Waals surface area contributed by atoms with Gasteiger partial charge >= 0.3 is 0 Å². The van der Waals surface area contributed by atoms with Crippen LogP contribution in [0.5, 0.6) is 0 Å². The van der Waals surface area contributed by atoms with E-state index in [9.17, 15) is 0 Å². The second-order valence-electron chi connectivity index (χ2n) is 3.94. The third-order valence-corrected chi connectivity index (χ3v) is 3.46. The number of aliphatic imine (C=N–C) groups is 1. The van der Waals surface area contributed by atoms with Crippen molar-refractivity contribution < 1.29 is 0 Å². The minimum absolute atomic E-state index is 0.102. The fourth-order valence-electron chi connectivity index (χ4n) is 1.48. The van der Waals surface area contributed by atoms with Crippen LogP contribution in [0.4, 0.5) is 5.69 Å². The van der Waals surface area contributed by atoms with E-state index in [1.807, 2.05) is 23.9 Å². The maximum atomic E-state index is 5.31. The first-order valence-electron chi connectivity index (χ1n) is 6.05. The Labute approximate surface area is 108 Å². The van der Waals surface area contributed by atoms with Gasteiger partial charge in [-0.15, -0.1) is 11.8 Å². The first-order chi connectivity index (χ1) is 8.22. The Morgan fingerprint density at radius 2 is 1.82 bits per heavy atom. The molecule has 0 saturated heterocycles. The van der Waals surface area contributed by atoms with Gasteiger partial charge in [0.2, 0.25) is 0 Å². The molecule has 94 valence electrons. The Hall–Kier alpha value is -1.16. The Kier molecular flexibility index (Phi) is 6.55. The maximum absolute atomic E-state index is 5.31. The lowest BCUT2D eigenvalue weighted by molar-refractivity contribution is 0.706. The minimum atomic E-state index is 0.102. The van der Waals surface area contributed by atoms with Gasteiger partial charge in [-0.25, -0.2) is 4.99 Å². The van der Waals surface area contributed by atoms with Gasteiger partial charge in [0.15, 0.2) is 5.96 Å². The molecule has 0 radical (unpaired) electrons. The molecule has 0 heterocycles. The molecule has 4 N–H and O–H groups in total. The van der Waals surface area contributed by atoms with Gasteiger partial charge in [-0.2, -0.15) is 0 Å². The summed E-state index contributed by atoms with van der Waals surface area (Å²) in [6.07, 6.45) is 5.24. The summed E-state index contributed by atoms with van der Waals surface area (Å²) in [5.41, 5.74) is 11.4. The van der Waals surface area contributed by atoms with E-state index < -0.39 is 0 Å². The molecule has 0 aliphatic rings. The van der Waals surface area contributed by atoms with Crippen LogP contribution in [0.3, 0.4) is 0 Å². The van der Waals surface area contributed by atoms with Crippen molar-refractivity contribution >= 4 is 23.4 Å². The first-order valence-corrected chi connectivity index (χ1v) is 7.03. The largest absolute Gasteiger partial charge is 0.370 e. The molecule has 0 amide bonds. The Balaban J connectivity index is 2.33. The summed E-state index contributed by atoms with van der Waals surface area (Å²) in [5.74, 6) is 1.28. The normalized spacial score (nSPS) is 10.2. The van der Waals surface area contributed by atoms with E-state index >= 15 is 0 Å². The number of nitrogens with two attached hydrogens (primary N) is 2. The van der Waals surface area contributed by atoms with Crippen molar-refractivity contribution in [3.63, 3.8) is 0 Å². The van der Waals surface area contributed by atoms with Crippen LogP contribution in [-0.2, 0) is 0 Å². The quantitative estimate of drug-likeness (QED) is 0.338. The zero-order chi connectivity index (χ0) is 12.5. The van der Waals surface area contributed by atoms with Crippen LogP contribution in [0.25, 0.3) is 0 Å². The van der Waals surface area contributed by atoms with Crippen molar-refractivity contribution in [3.05, 3.63) is 24.3 Å². The second kappa shape index (κ2) is 8.01. The van der Waals surface area contributed by atoms with Crippen LogP contribution in [0.2, 0.25) is 0 Å². The third-order valence-electron chi connectivity index (χ3n) is 2.36.